The summed E-state index contributed by atoms with van der Waals surface area (Å²) in [6.07, 6.45) is 4.31. The number of carbonyl (C=O) groups excluding carboxylic acids is 1. The number of hydrogen-bond donors (Lipinski definition) is 0. The zero-order chi connectivity index (χ0) is 19.3. The summed E-state index contributed by atoms with van der Waals surface area (Å²) < 4.78 is 5.39. The average molecular weight is 379 g/mol. The van der Waals surface area contributed by atoms with Crippen LogP contribution in [0.4, 0.5) is 0 Å². The van der Waals surface area contributed by atoms with Crippen LogP contribution in [0.1, 0.15) is 36.8 Å². The monoisotopic (exact) mass is 378 g/mol. The van der Waals surface area contributed by atoms with Crippen LogP contribution in [0.5, 0.6) is 0 Å². The van der Waals surface area contributed by atoms with Crippen LogP contribution in [-0.4, -0.2) is 20.7 Å². The molecule has 3 heteroatoms. The molecule has 0 saturated heterocycles. The largest absolute Gasteiger partial charge is 0.466 e. The maximum Gasteiger partial charge on any atom is 0.309 e. The zero-order valence-electron chi connectivity index (χ0n) is 16.7. The summed E-state index contributed by atoms with van der Waals surface area (Å²) in [5.41, 5.74) is 2.64. The minimum atomic E-state index is -1.59. The molecule has 0 aromatic heterocycles. The fourth-order valence-electron chi connectivity index (χ4n) is 4.21. The third-order valence-corrected chi connectivity index (χ3v) is 9.12. The summed E-state index contributed by atoms with van der Waals surface area (Å²) in [5, 5.41) is 1.58. The van der Waals surface area contributed by atoms with Gasteiger partial charge in [-0.15, -0.1) is 0 Å². The first-order chi connectivity index (χ1) is 13.0. The van der Waals surface area contributed by atoms with Crippen molar-refractivity contribution < 1.29 is 9.53 Å². The second-order valence-corrected chi connectivity index (χ2v) is 12.8. The van der Waals surface area contributed by atoms with Crippen LogP contribution in [0.15, 0.2) is 71.9 Å². The Labute approximate surface area is 164 Å². The summed E-state index contributed by atoms with van der Waals surface area (Å²) in [5.74, 6) is -0.00152. The quantitative estimate of drug-likeness (QED) is 0.476. The third-order valence-electron chi connectivity index (χ3n) is 5.67. The zero-order valence-corrected chi connectivity index (χ0v) is 17.7. The maximum atomic E-state index is 12.6. The van der Waals surface area contributed by atoms with Crippen LogP contribution < -0.4 is 0 Å². The van der Waals surface area contributed by atoms with Gasteiger partial charge in [-0.05, 0) is 31.4 Å². The van der Waals surface area contributed by atoms with Crippen molar-refractivity contribution in [3.05, 3.63) is 83.1 Å². The minimum Gasteiger partial charge on any atom is -0.466 e. The highest BCUT2D eigenvalue weighted by Gasteiger charge is 2.37. The number of ether oxygens (including phenoxy) is 1. The lowest BCUT2D eigenvalue weighted by Crippen LogP contribution is -2.37. The maximum absolute atomic E-state index is 12.6. The Kier molecular flexibility index (Phi) is 6.33. The predicted molar refractivity (Wildman–Crippen MR) is 114 cm³/mol. The van der Waals surface area contributed by atoms with Crippen LogP contribution in [-0.2, 0) is 15.6 Å². The van der Waals surface area contributed by atoms with E-state index in [2.05, 4.69) is 73.8 Å². The molecular formula is C24H30O2Si. The molecule has 2 aromatic rings. The molecule has 1 aliphatic carbocycles. The van der Waals surface area contributed by atoms with E-state index in [1.165, 1.54) is 11.1 Å². The topological polar surface area (TPSA) is 26.3 Å². The summed E-state index contributed by atoms with van der Waals surface area (Å²) in [6, 6.07) is 22.4. The van der Waals surface area contributed by atoms with Gasteiger partial charge in [0.15, 0.2) is 0 Å². The molecule has 2 aromatic carbocycles. The van der Waals surface area contributed by atoms with Gasteiger partial charge in [0.25, 0.3) is 0 Å². The normalized spacial score (nSPS) is 20.0. The van der Waals surface area contributed by atoms with Crippen molar-refractivity contribution in [2.45, 2.75) is 44.8 Å². The van der Waals surface area contributed by atoms with E-state index < -0.39 is 8.07 Å². The lowest BCUT2D eigenvalue weighted by atomic mass is 9.79. The Morgan fingerprint density at radius 1 is 1.04 bits per heavy atom. The second kappa shape index (κ2) is 8.70. The molecule has 0 amide bonds. The van der Waals surface area contributed by atoms with E-state index in [0.717, 1.165) is 18.9 Å². The molecular weight excluding hydrogens is 348 g/mol. The molecule has 0 N–H and O–H groups in total. The van der Waals surface area contributed by atoms with Crippen molar-refractivity contribution in [3.8, 4) is 0 Å². The third kappa shape index (κ3) is 4.78. The molecule has 2 nitrogen and oxygen atoms in total. The van der Waals surface area contributed by atoms with Gasteiger partial charge in [-0.2, -0.15) is 0 Å². The fourth-order valence-corrected chi connectivity index (χ4v) is 7.14. The summed E-state index contributed by atoms with van der Waals surface area (Å²) >= 11 is 0. The van der Waals surface area contributed by atoms with Gasteiger partial charge in [-0.1, -0.05) is 90.6 Å². The number of carbonyl (C=O) groups is 1. The highest BCUT2D eigenvalue weighted by atomic mass is 28.3. The Morgan fingerprint density at radius 2 is 1.67 bits per heavy atom. The summed E-state index contributed by atoms with van der Waals surface area (Å²) in [7, 11) is -1.59. The van der Waals surface area contributed by atoms with Gasteiger partial charge < -0.3 is 4.74 Å². The first-order valence-corrected chi connectivity index (χ1v) is 13.2. The lowest BCUT2D eigenvalue weighted by molar-refractivity contribution is -0.148. The van der Waals surface area contributed by atoms with Crippen molar-refractivity contribution in [1.29, 1.82) is 0 Å². The summed E-state index contributed by atoms with van der Waals surface area (Å²) in [4.78, 5) is 12.6. The number of rotatable bonds is 6. The molecule has 0 saturated carbocycles. The number of benzene rings is 2. The summed E-state index contributed by atoms with van der Waals surface area (Å²) in [6.45, 7) is 7.24. The van der Waals surface area contributed by atoms with Crippen LogP contribution >= 0.6 is 0 Å². The highest BCUT2D eigenvalue weighted by molar-refractivity contribution is 6.83. The predicted octanol–water partition coefficient (Wildman–Crippen LogP) is 5.70. The van der Waals surface area contributed by atoms with E-state index in [1.54, 1.807) is 5.20 Å². The molecule has 27 heavy (non-hydrogen) atoms. The van der Waals surface area contributed by atoms with Gasteiger partial charge in [-0.25, -0.2) is 0 Å². The molecule has 142 valence electrons. The van der Waals surface area contributed by atoms with Gasteiger partial charge in [0.1, 0.15) is 0 Å². The molecule has 0 fully saturated rings. The van der Waals surface area contributed by atoms with Crippen molar-refractivity contribution in [2.24, 2.45) is 5.92 Å². The Hall–Kier alpha value is -2.13. The molecule has 0 radical (unpaired) electrons. The Bertz CT molecular complexity index is 781. The van der Waals surface area contributed by atoms with Crippen LogP contribution in [0.2, 0.25) is 13.1 Å². The van der Waals surface area contributed by atoms with E-state index in [-0.39, 0.29) is 17.8 Å². The Morgan fingerprint density at radius 3 is 2.30 bits per heavy atom. The van der Waals surface area contributed by atoms with E-state index in [1.807, 2.05) is 13.0 Å². The number of allylic oxidation sites excluding steroid dienone is 2. The first kappa shape index (κ1) is 19.6. The van der Waals surface area contributed by atoms with Crippen molar-refractivity contribution in [2.75, 3.05) is 6.61 Å². The highest BCUT2D eigenvalue weighted by Crippen LogP contribution is 2.40. The van der Waals surface area contributed by atoms with Crippen molar-refractivity contribution in [1.82, 2.24) is 0 Å². The van der Waals surface area contributed by atoms with E-state index in [0.29, 0.717) is 6.61 Å². The minimum absolute atomic E-state index is 0.0517. The van der Waals surface area contributed by atoms with Gasteiger partial charge >= 0.3 is 5.97 Å². The average Bonchev–Trinajstić information content (AvgIpc) is 2.69. The van der Waals surface area contributed by atoms with Gasteiger partial charge in [0.2, 0.25) is 0 Å². The van der Waals surface area contributed by atoms with Crippen LogP contribution in [0.3, 0.4) is 0 Å². The smallest absolute Gasteiger partial charge is 0.309 e. The molecule has 0 bridgehead atoms. The molecule has 2 atom stereocenters. The number of esters is 1. The van der Waals surface area contributed by atoms with E-state index in [9.17, 15) is 4.79 Å². The molecule has 0 heterocycles. The number of hydrogen-bond acceptors (Lipinski definition) is 2. The van der Waals surface area contributed by atoms with Gasteiger partial charge in [0.05, 0.1) is 20.6 Å². The van der Waals surface area contributed by atoms with E-state index >= 15 is 0 Å². The second-order valence-electron chi connectivity index (χ2n) is 8.07. The first-order valence-electron chi connectivity index (χ1n) is 9.98. The molecule has 3 rings (SSSR count). The van der Waals surface area contributed by atoms with Crippen LogP contribution in [0, 0.1) is 5.92 Å². The standard InChI is InChI=1S/C24H30O2Si/c1-4-26-24(25)22-16-15-21(17-23(22)20-13-9-6-10-14-20)27(2,3)18-19-11-7-5-8-12-19/h5-14,17,22-23H,4,15-16,18H2,1-3H3/t22-,23-/m1/s1. The molecule has 0 unspecified atom stereocenters. The molecule has 0 aliphatic heterocycles. The molecule has 0 spiro atoms. The Balaban J connectivity index is 1.90. The SMILES string of the molecule is CCOC(=O)[C@@H]1CCC([Si](C)(C)Cc2ccccc2)=C[C@@H]1c1ccccc1. The van der Waals surface area contributed by atoms with Crippen molar-refractivity contribution >= 4 is 14.0 Å². The van der Waals surface area contributed by atoms with Gasteiger partial charge in [0, 0.05) is 5.92 Å². The van der Waals surface area contributed by atoms with Gasteiger partial charge in [-0.3, -0.25) is 4.79 Å². The lowest BCUT2D eigenvalue weighted by Gasteiger charge is -2.35. The van der Waals surface area contributed by atoms with Crippen molar-refractivity contribution in [3.63, 3.8) is 0 Å². The molecule has 1 aliphatic rings. The van der Waals surface area contributed by atoms with Crippen LogP contribution in [0.25, 0.3) is 0 Å². The fraction of sp³-hybridized carbons (Fsp3) is 0.375. The van der Waals surface area contributed by atoms with E-state index in [4.69, 9.17) is 4.74 Å².